The maximum absolute atomic E-state index is 12.6. The molecule has 1 aliphatic rings. The minimum absolute atomic E-state index is 0.235. The molecular formula is C21H22N2O. The summed E-state index contributed by atoms with van der Waals surface area (Å²) in [5.74, 6) is 0.651. The lowest BCUT2D eigenvalue weighted by atomic mass is 10.1. The van der Waals surface area contributed by atoms with Crippen molar-refractivity contribution in [2.24, 2.45) is 0 Å². The SMILES string of the molecule is Cc1cccc(CC(=O)N2CCC(c3cc4ccccc4[nH]3)C2)c1. The number of amides is 1. The number of fused-ring (bicyclic) bond motifs is 1. The third-order valence-electron chi connectivity index (χ3n) is 4.97. The van der Waals surface area contributed by atoms with E-state index in [1.54, 1.807) is 0 Å². The average molecular weight is 318 g/mol. The van der Waals surface area contributed by atoms with Gasteiger partial charge in [-0.15, -0.1) is 0 Å². The van der Waals surface area contributed by atoms with Gasteiger partial charge in [-0.2, -0.15) is 0 Å². The zero-order valence-electron chi connectivity index (χ0n) is 14.0. The van der Waals surface area contributed by atoms with Crippen molar-refractivity contribution in [2.75, 3.05) is 13.1 Å². The average Bonchev–Trinajstić information content (AvgIpc) is 3.21. The van der Waals surface area contributed by atoms with Gasteiger partial charge in [0.25, 0.3) is 0 Å². The summed E-state index contributed by atoms with van der Waals surface area (Å²) in [7, 11) is 0. The van der Waals surface area contributed by atoms with Gasteiger partial charge in [0.2, 0.25) is 5.91 Å². The first-order valence-corrected chi connectivity index (χ1v) is 8.60. The van der Waals surface area contributed by atoms with Gasteiger partial charge >= 0.3 is 0 Å². The molecule has 0 radical (unpaired) electrons. The molecule has 122 valence electrons. The van der Waals surface area contributed by atoms with Crippen LogP contribution in [0.4, 0.5) is 0 Å². The van der Waals surface area contributed by atoms with E-state index in [9.17, 15) is 4.79 Å². The number of para-hydroxylation sites is 1. The van der Waals surface area contributed by atoms with E-state index in [1.165, 1.54) is 22.2 Å². The molecule has 1 aliphatic heterocycles. The Morgan fingerprint density at radius 1 is 1.17 bits per heavy atom. The number of carbonyl (C=O) groups is 1. The quantitative estimate of drug-likeness (QED) is 0.777. The number of rotatable bonds is 3. The number of nitrogens with one attached hydrogen (secondary N) is 1. The highest BCUT2D eigenvalue weighted by Gasteiger charge is 2.28. The first-order chi connectivity index (χ1) is 11.7. The smallest absolute Gasteiger partial charge is 0.227 e. The summed E-state index contributed by atoms with van der Waals surface area (Å²) in [4.78, 5) is 18.1. The molecule has 24 heavy (non-hydrogen) atoms. The second-order valence-corrected chi connectivity index (χ2v) is 6.80. The number of carbonyl (C=O) groups excluding carboxylic acids is 1. The summed E-state index contributed by atoms with van der Waals surface area (Å²) < 4.78 is 0. The van der Waals surface area contributed by atoms with E-state index < -0.39 is 0 Å². The van der Waals surface area contributed by atoms with Crippen LogP contribution in [-0.2, 0) is 11.2 Å². The molecule has 0 bridgehead atoms. The first-order valence-electron chi connectivity index (χ1n) is 8.60. The molecule has 1 fully saturated rings. The molecule has 1 N–H and O–H groups in total. The first kappa shape index (κ1) is 15.0. The van der Waals surface area contributed by atoms with E-state index >= 15 is 0 Å². The second-order valence-electron chi connectivity index (χ2n) is 6.80. The maximum atomic E-state index is 12.6. The molecule has 2 heterocycles. The number of hydrogen-bond acceptors (Lipinski definition) is 1. The van der Waals surface area contributed by atoms with E-state index in [2.05, 4.69) is 54.4 Å². The van der Waals surface area contributed by atoms with Crippen LogP contribution in [0.2, 0.25) is 0 Å². The van der Waals surface area contributed by atoms with Crippen LogP contribution in [0.3, 0.4) is 0 Å². The van der Waals surface area contributed by atoms with E-state index in [1.807, 2.05) is 17.0 Å². The predicted octanol–water partition coefficient (Wildman–Crippen LogP) is 4.03. The van der Waals surface area contributed by atoms with Gasteiger partial charge < -0.3 is 9.88 Å². The molecule has 3 aromatic rings. The van der Waals surface area contributed by atoms with Crippen LogP contribution in [0, 0.1) is 6.92 Å². The fraction of sp³-hybridized carbons (Fsp3) is 0.286. The lowest BCUT2D eigenvalue weighted by Gasteiger charge is -2.16. The molecule has 3 nitrogen and oxygen atoms in total. The van der Waals surface area contributed by atoms with Gasteiger partial charge in [-0.3, -0.25) is 4.79 Å². The van der Waals surface area contributed by atoms with Crippen molar-refractivity contribution in [2.45, 2.75) is 25.7 Å². The van der Waals surface area contributed by atoms with Gasteiger partial charge in [-0.1, -0.05) is 48.0 Å². The molecule has 1 unspecified atom stereocenters. The van der Waals surface area contributed by atoms with Crippen LogP contribution in [0.15, 0.2) is 54.6 Å². The number of H-pyrrole nitrogens is 1. The molecule has 1 aromatic heterocycles. The summed E-state index contributed by atoms with van der Waals surface area (Å²) in [6.45, 7) is 3.73. The van der Waals surface area contributed by atoms with Crippen molar-refractivity contribution in [1.82, 2.24) is 9.88 Å². The Kier molecular flexibility index (Phi) is 3.85. The van der Waals surface area contributed by atoms with Crippen molar-refractivity contribution >= 4 is 16.8 Å². The number of hydrogen-bond donors (Lipinski definition) is 1. The molecule has 1 atom stereocenters. The number of benzene rings is 2. The highest BCUT2D eigenvalue weighted by atomic mass is 16.2. The van der Waals surface area contributed by atoms with Crippen LogP contribution in [0.1, 0.15) is 29.2 Å². The molecule has 0 saturated carbocycles. The van der Waals surface area contributed by atoms with Crippen molar-refractivity contribution in [3.8, 4) is 0 Å². The molecule has 1 amide bonds. The number of aromatic amines is 1. The Balaban J connectivity index is 1.44. The Labute approximate surface area is 142 Å². The fourth-order valence-electron chi connectivity index (χ4n) is 3.66. The number of aryl methyl sites for hydroxylation is 1. The third kappa shape index (κ3) is 2.94. The molecule has 0 aliphatic carbocycles. The maximum Gasteiger partial charge on any atom is 0.227 e. The lowest BCUT2D eigenvalue weighted by molar-refractivity contribution is -0.129. The van der Waals surface area contributed by atoms with Crippen molar-refractivity contribution in [3.63, 3.8) is 0 Å². The van der Waals surface area contributed by atoms with Crippen LogP contribution in [0.5, 0.6) is 0 Å². The van der Waals surface area contributed by atoms with Gasteiger partial charge in [0, 0.05) is 30.2 Å². The third-order valence-corrected chi connectivity index (χ3v) is 4.97. The van der Waals surface area contributed by atoms with Crippen LogP contribution >= 0.6 is 0 Å². The predicted molar refractivity (Wildman–Crippen MR) is 97.1 cm³/mol. The Bertz CT molecular complexity index is 847. The zero-order valence-corrected chi connectivity index (χ0v) is 14.0. The molecule has 4 rings (SSSR count). The Hall–Kier alpha value is -2.55. The number of nitrogens with zero attached hydrogens (tertiary/aromatic N) is 1. The number of likely N-dealkylation sites (tertiary alicyclic amines) is 1. The summed E-state index contributed by atoms with van der Waals surface area (Å²) >= 11 is 0. The highest BCUT2D eigenvalue weighted by molar-refractivity contribution is 5.81. The minimum Gasteiger partial charge on any atom is -0.358 e. The molecular weight excluding hydrogens is 296 g/mol. The van der Waals surface area contributed by atoms with Crippen molar-refractivity contribution in [1.29, 1.82) is 0 Å². The van der Waals surface area contributed by atoms with E-state index in [-0.39, 0.29) is 5.91 Å². The fourth-order valence-corrected chi connectivity index (χ4v) is 3.66. The minimum atomic E-state index is 0.235. The standard InChI is InChI=1S/C21H22N2O/c1-15-5-4-6-16(11-15)12-21(24)23-10-9-18(14-23)20-13-17-7-2-3-8-19(17)22-20/h2-8,11,13,18,22H,9-10,12,14H2,1H3. The Morgan fingerprint density at radius 2 is 2.04 bits per heavy atom. The zero-order chi connectivity index (χ0) is 16.5. The highest BCUT2D eigenvalue weighted by Crippen LogP contribution is 2.29. The van der Waals surface area contributed by atoms with E-state index in [4.69, 9.17) is 0 Å². The van der Waals surface area contributed by atoms with Gasteiger partial charge in [-0.05, 0) is 36.4 Å². The monoisotopic (exact) mass is 318 g/mol. The van der Waals surface area contributed by atoms with Crippen molar-refractivity contribution in [3.05, 3.63) is 71.4 Å². The normalized spacial score (nSPS) is 17.5. The van der Waals surface area contributed by atoms with E-state index in [0.717, 1.165) is 25.1 Å². The van der Waals surface area contributed by atoms with Gasteiger partial charge in [-0.25, -0.2) is 0 Å². The molecule has 3 heteroatoms. The summed E-state index contributed by atoms with van der Waals surface area (Å²) in [5.41, 5.74) is 4.74. The molecule has 2 aromatic carbocycles. The van der Waals surface area contributed by atoms with Gasteiger partial charge in [0.15, 0.2) is 0 Å². The van der Waals surface area contributed by atoms with Crippen LogP contribution in [0.25, 0.3) is 10.9 Å². The van der Waals surface area contributed by atoms with Crippen molar-refractivity contribution < 1.29 is 4.79 Å². The lowest BCUT2D eigenvalue weighted by Crippen LogP contribution is -2.29. The summed E-state index contributed by atoms with van der Waals surface area (Å²) in [6, 6.07) is 18.8. The van der Waals surface area contributed by atoms with Crippen LogP contribution < -0.4 is 0 Å². The van der Waals surface area contributed by atoms with Gasteiger partial charge in [0.1, 0.15) is 0 Å². The molecule has 0 spiro atoms. The number of aromatic nitrogens is 1. The largest absolute Gasteiger partial charge is 0.358 e. The van der Waals surface area contributed by atoms with E-state index in [0.29, 0.717) is 12.3 Å². The summed E-state index contributed by atoms with van der Waals surface area (Å²) in [6.07, 6.45) is 1.54. The topological polar surface area (TPSA) is 36.1 Å². The molecule has 1 saturated heterocycles. The summed E-state index contributed by atoms with van der Waals surface area (Å²) in [5, 5.41) is 1.25. The Morgan fingerprint density at radius 3 is 2.88 bits per heavy atom. The second kappa shape index (κ2) is 6.16. The van der Waals surface area contributed by atoms with Crippen LogP contribution in [-0.4, -0.2) is 28.9 Å². The van der Waals surface area contributed by atoms with Gasteiger partial charge in [0.05, 0.1) is 6.42 Å².